The van der Waals surface area contributed by atoms with E-state index in [-0.39, 0.29) is 41.6 Å². The summed E-state index contributed by atoms with van der Waals surface area (Å²) in [5, 5.41) is 6.39. The first kappa shape index (κ1) is 24.9. The largest absolute Gasteiger partial charge is 0.493 e. The van der Waals surface area contributed by atoms with Crippen LogP contribution >= 0.6 is 24.0 Å². The van der Waals surface area contributed by atoms with E-state index in [2.05, 4.69) is 21.7 Å². The van der Waals surface area contributed by atoms with E-state index in [4.69, 9.17) is 14.2 Å². The van der Waals surface area contributed by atoms with E-state index in [1.54, 1.807) is 19.2 Å². The molecule has 1 heterocycles. The molecule has 2 N–H and O–H groups in total. The highest BCUT2D eigenvalue weighted by molar-refractivity contribution is 14.0. The lowest BCUT2D eigenvalue weighted by Gasteiger charge is -2.16. The maximum absolute atomic E-state index is 12.4. The number of hydrogen-bond acceptors (Lipinski definition) is 4. The summed E-state index contributed by atoms with van der Waals surface area (Å²) in [5.74, 6) is 1.77. The molecule has 0 saturated carbocycles. The highest BCUT2D eigenvalue weighted by Gasteiger charge is 2.29. The number of nitrogens with zero attached hydrogens (tertiary/aromatic N) is 1. The van der Waals surface area contributed by atoms with Crippen LogP contribution in [0.5, 0.6) is 17.2 Å². The molecule has 0 saturated heterocycles. The van der Waals surface area contributed by atoms with Crippen LogP contribution in [0.4, 0.5) is 13.2 Å². The average molecular weight is 551 g/mol. The number of methoxy groups -OCH3 is 1. The van der Waals surface area contributed by atoms with E-state index >= 15 is 0 Å². The van der Waals surface area contributed by atoms with Crippen molar-refractivity contribution in [2.24, 2.45) is 4.99 Å². The van der Waals surface area contributed by atoms with Crippen LogP contribution < -0.4 is 24.8 Å². The van der Waals surface area contributed by atoms with E-state index in [1.165, 1.54) is 18.7 Å². The standard InChI is InChI=1S/C21H24F3N3O3.HI/c1-25-20(27-12-16-10-15-5-3-4-6-17(15)30-16)26-11-14-7-8-18(19(9-14)28-2)29-13-21(22,23)24;/h3-9,16H,10-13H2,1-2H3,(H2,25,26,27);1H. The normalized spacial score (nSPS) is 15.4. The van der Waals surface area contributed by atoms with Gasteiger partial charge < -0.3 is 24.8 Å². The summed E-state index contributed by atoms with van der Waals surface area (Å²) in [6.07, 6.45) is -3.56. The summed E-state index contributed by atoms with van der Waals surface area (Å²) < 4.78 is 52.9. The van der Waals surface area contributed by atoms with Gasteiger partial charge in [-0.05, 0) is 29.3 Å². The summed E-state index contributed by atoms with van der Waals surface area (Å²) in [6, 6.07) is 12.7. The molecule has 2 aromatic carbocycles. The van der Waals surface area contributed by atoms with E-state index in [0.29, 0.717) is 19.0 Å². The lowest BCUT2D eigenvalue weighted by Crippen LogP contribution is -2.41. The van der Waals surface area contributed by atoms with Gasteiger partial charge in [0.25, 0.3) is 0 Å². The molecule has 1 unspecified atom stereocenters. The molecule has 3 rings (SSSR count). The van der Waals surface area contributed by atoms with Crippen LogP contribution in [0.15, 0.2) is 47.5 Å². The molecule has 6 nitrogen and oxygen atoms in total. The van der Waals surface area contributed by atoms with Crippen LogP contribution in [0, 0.1) is 0 Å². The number of halogens is 4. The van der Waals surface area contributed by atoms with Gasteiger partial charge in [-0.25, -0.2) is 0 Å². The number of nitrogens with one attached hydrogen (secondary N) is 2. The second kappa shape index (κ2) is 11.3. The molecule has 0 aliphatic carbocycles. The fourth-order valence-corrected chi connectivity index (χ4v) is 3.09. The SMILES string of the molecule is CN=C(NCc1ccc(OCC(F)(F)F)c(OC)c1)NCC1Cc2ccccc2O1.I. The Labute approximate surface area is 196 Å². The smallest absolute Gasteiger partial charge is 0.422 e. The maximum atomic E-state index is 12.4. The van der Waals surface area contributed by atoms with Crippen molar-refractivity contribution in [3.63, 3.8) is 0 Å². The Kier molecular flexibility index (Phi) is 9.08. The molecule has 1 aliphatic rings. The molecule has 1 aliphatic heterocycles. The lowest BCUT2D eigenvalue weighted by molar-refractivity contribution is -0.153. The lowest BCUT2D eigenvalue weighted by atomic mass is 10.1. The number of rotatable bonds is 7. The third-order valence-corrected chi connectivity index (χ3v) is 4.51. The molecular weight excluding hydrogens is 526 g/mol. The first-order valence-corrected chi connectivity index (χ1v) is 9.43. The van der Waals surface area contributed by atoms with E-state index in [9.17, 15) is 13.2 Å². The summed E-state index contributed by atoms with van der Waals surface area (Å²) in [6.45, 7) is -0.381. The number of ether oxygens (including phenoxy) is 3. The van der Waals surface area contributed by atoms with Crippen LogP contribution in [-0.2, 0) is 13.0 Å². The van der Waals surface area contributed by atoms with Gasteiger partial charge in [-0.15, -0.1) is 24.0 Å². The van der Waals surface area contributed by atoms with Crippen molar-refractivity contribution in [1.29, 1.82) is 0 Å². The predicted molar refractivity (Wildman–Crippen MR) is 123 cm³/mol. The third kappa shape index (κ3) is 7.37. The average Bonchev–Trinajstić information content (AvgIpc) is 3.15. The number of alkyl halides is 3. The maximum Gasteiger partial charge on any atom is 0.422 e. The topological polar surface area (TPSA) is 64.1 Å². The molecule has 0 radical (unpaired) electrons. The third-order valence-electron chi connectivity index (χ3n) is 4.51. The van der Waals surface area contributed by atoms with Gasteiger partial charge in [-0.1, -0.05) is 24.3 Å². The Morgan fingerprint density at radius 3 is 2.61 bits per heavy atom. The summed E-state index contributed by atoms with van der Waals surface area (Å²) in [4.78, 5) is 4.19. The molecule has 0 aromatic heterocycles. The van der Waals surface area contributed by atoms with Crippen molar-refractivity contribution in [3.8, 4) is 17.2 Å². The first-order valence-electron chi connectivity index (χ1n) is 9.43. The van der Waals surface area contributed by atoms with Crippen LogP contribution in [0.3, 0.4) is 0 Å². The number of para-hydroxylation sites is 1. The highest BCUT2D eigenvalue weighted by atomic mass is 127. The molecule has 0 amide bonds. The molecule has 0 spiro atoms. The zero-order valence-corrected chi connectivity index (χ0v) is 19.5. The van der Waals surface area contributed by atoms with Gasteiger partial charge in [-0.2, -0.15) is 13.2 Å². The Morgan fingerprint density at radius 2 is 1.94 bits per heavy atom. The number of fused-ring (bicyclic) bond motifs is 1. The van der Waals surface area contributed by atoms with Gasteiger partial charge >= 0.3 is 6.18 Å². The minimum Gasteiger partial charge on any atom is -0.493 e. The monoisotopic (exact) mass is 551 g/mol. The van der Waals surface area contributed by atoms with Gasteiger partial charge in [-0.3, -0.25) is 4.99 Å². The van der Waals surface area contributed by atoms with E-state index in [0.717, 1.165) is 17.7 Å². The number of aliphatic imine (C=N–C) groups is 1. The van der Waals surface area contributed by atoms with Crippen molar-refractivity contribution in [3.05, 3.63) is 53.6 Å². The van der Waals surface area contributed by atoms with Gasteiger partial charge in [0.05, 0.1) is 13.7 Å². The fourth-order valence-electron chi connectivity index (χ4n) is 3.09. The second-order valence-electron chi connectivity index (χ2n) is 6.75. The molecule has 1 atom stereocenters. The number of benzene rings is 2. The quantitative estimate of drug-likeness (QED) is 0.311. The Hall–Kier alpha value is -2.37. The van der Waals surface area contributed by atoms with Crippen molar-refractivity contribution in [2.75, 3.05) is 27.3 Å². The molecule has 10 heteroatoms. The van der Waals surface area contributed by atoms with Crippen molar-refractivity contribution in [1.82, 2.24) is 10.6 Å². The second-order valence-corrected chi connectivity index (χ2v) is 6.75. The summed E-state index contributed by atoms with van der Waals surface area (Å²) >= 11 is 0. The Morgan fingerprint density at radius 1 is 1.16 bits per heavy atom. The first-order chi connectivity index (χ1) is 14.4. The summed E-state index contributed by atoms with van der Waals surface area (Å²) in [5.41, 5.74) is 1.99. The zero-order chi connectivity index (χ0) is 21.6. The van der Waals surface area contributed by atoms with Crippen molar-refractivity contribution >= 4 is 29.9 Å². The Bertz CT molecular complexity index is 869. The van der Waals surface area contributed by atoms with E-state index in [1.807, 2.05) is 18.2 Å². The molecule has 31 heavy (non-hydrogen) atoms. The molecule has 0 fully saturated rings. The van der Waals surface area contributed by atoms with Gasteiger partial charge in [0.15, 0.2) is 24.1 Å². The molecular formula is C21H25F3IN3O3. The predicted octanol–water partition coefficient (Wildman–Crippen LogP) is 3.92. The fraction of sp³-hybridized carbons (Fsp3) is 0.381. The van der Waals surface area contributed by atoms with E-state index < -0.39 is 12.8 Å². The number of guanidine groups is 1. The van der Waals surface area contributed by atoms with Gasteiger partial charge in [0, 0.05) is 20.0 Å². The van der Waals surface area contributed by atoms with Crippen LogP contribution in [-0.4, -0.2) is 45.5 Å². The zero-order valence-electron chi connectivity index (χ0n) is 17.2. The van der Waals surface area contributed by atoms with Crippen LogP contribution in [0.1, 0.15) is 11.1 Å². The Balaban J connectivity index is 0.00000341. The molecule has 0 bridgehead atoms. The van der Waals surface area contributed by atoms with Crippen molar-refractivity contribution in [2.45, 2.75) is 25.2 Å². The van der Waals surface area contributed by atoms with Crippen LogP contribution in [0.25, 0.3) is 0 Å². The number of hydrogen-bond donors (Lipinski definition) is 2. The molecule has 2 aromatic rings. The van der Waals surface area contributed by atoms with Crippen LogP contribution in [0.2, 0.25) is 0 Å². The highest BCUT2D eigenvalue weighted by Crippen LogP contribution is 2.30. The molecule has 170 valence electrons. The van der Waals surface area contributed by atoms with Crippen molar-refractivity contribution < 1.29 is 27.4 Å². The summed E-state index contributed by atoms with van der Waals surface area (Å²) in [7, 11) is 3.04. The van der Waals surface area contributed by atoms with Gasteiger partial charge in [0.2, 0.25) is 0 Å². The minimum absolute atomic E-state index is 0. The van der Waals surface area contributed by atoms with Gasteiger partial charge in [0.1, 0.15) is 11.9 Å². The minimum atomic E-state index is -4.41.